The van der Waals surface area contributed by atoms with E-state index in [0.29, 0.717) is 11.6 Å². The lowest BCUT2D eigenvalue weighted by Crippen LogP contribution is -2.36. The normalized spacial score (nSPS) is 14.1. The van der Waals surface area contributed by atoms with Crippen LogP contribution >= 0.6 is 11.6 Å². The number of amides is 1. The van der Waals surface area contributed by atoms with Gasteiger partial charge in [0.05, 0.1) is 18.6 Å². The molecule has 0 aliphatic heterocycles. The Balaban J connectivity index is 2.73. The van der Waals surface area contributed by atoms with Crippen molar-refractivity contribution in [3.05, 3.63) is 34.9 Å². The summed E-state index contributed by atoms with van der Waals surface area (Å²) in [4.78, 5) is 12.1. The van der Waals surface area contributed by atoms with Crippen LogP contribution in [0.3, 0.4) is 0 Å². The molecule has 4 nitrogen and oxygen atoms in total. The second-order valence-corrected chi connectivity index (χ2v) is 5.57. The Morgan fingerprint density at radius 3 is 2.40 bits per heavy atom. The molecule has 5 heteroatoms. The summed E-state index contributed by atoms with van der Waals surface area (Å²) in [7, 11) is 1.56. The molecule has 1 amide bonds. The van der Waals surface area contributed by atoms with E-state index in [-0.39, 0.29) is 30.4 Å². The molecule has 0 radical (unpaired) electrons. The van der Waals surface area contributed by atoms with Gasteiger partial charge in [0.15, 0.2) is 0 Å². The molecule has 0 aliphatic carbocycles. The summed E-state index contributed by atoms with van der Waals surface area (Å²) in [6.07, 6.45) is 0.0251. The van der Waals surface area contributed by atoms with Crippen LogP contribution in [-0.2, 0) is 9.53 Å². The summed E-state index contributed by atoms with van der Waals surface area (Å²) in [6, 6.07) is 7.48. The molecule has 0 spiro atoms. The predicted molar refractivity (Wildman–Crippen MR) is 81.6 cm³/mol. The minimum absolute atomic E-state index is 0.0463. The van der Waals surface area contributed by atoms with Crippen LogP contribution in [0, 0.1) is 5.92 Å². The van der Waals surface area contributed by atoms with E-state index in [9.17, 15) is 4.79 Å². The second-order valence-electron chi connectivity index (χ2n) is 5.14. The Bertz CT molecular complexity index is 416. The van der Waals surface area contributed by atoms with E-state index in [1.54, 1.807) is 7.11 Å². The third-order valence-corrected chi connectivity index (χ3v) is 3.47. The summed E-state index contributed by atoms with van der Waals surface area (Å²) >= 11 is 5.89. The molecule has 112 valence electrons. The monoisotopic (exact) mass is 298 g/mol. The lowest BCUT2D eigenvalue weighted by atomic mass is 9.96. The van der Waals surface area contributed by atoms with Gasteiger partial charge in [-0.2, -0.15) is 0 Å². The molecular formula is C15H23ClN2O2. The molecule has 0 aliphatic rings. The minimum atomic E-state index is -0.243. The standard InChI is InChI=1S/C15H23ClN2O2/c1-10(2)15(11-4-6-12(16)7-5-11)18-14(19)8-13(9-17)20-3/h4-7,10,13,15H,8-9,17H2,1-3H3,(H,18,19). The first kappa shape index (κ1) is 17.0. The average Bonchev–Trinajstić information content (AvgIpc) is 2.43. The van der Waals surface area contributed by atoms with E-state index in [1.807, 2.05) is 24.3 Å². The van der Waals surface area contributed by atoms with Crippen LogP contribution in [0.15, 0.2) is 24.3 Å². The number of hydrogen-bond donors (Lipinski definition) is 2. The van der Waals surface area contributed by atoms with Crippen molar-refractivity contribution in [1.29, 1.82) is 0 Å². The van der Waals surface area contributed by atoms with Gasteiger partial charge < -0.3 is 15.8 Å². The van der Waals surface area contributed by atoms with Gasteiger partial charge in [-0.25, -0.2) is 0 Å². The summed E-state index contributed by atoms with van der Waals surface area (Å²) in [5.41, 5.74) is 6.57. The molecule has 2 unspecified atom stereocenters. The fraction of sp³-hybridized carbons (Fsp3) is 0.533. The smallest absolute Gasteiger partial charge is 0.223 e. The molecule has 2 atom stereocenters. The molecule has 3 N–H and O–H groups in total. The number of benzene rings is 1. The lowest BCUT2D eigenvalue weighted by molar-refractivity contribution is -0.124. The van der Waals surface area contributed by atoms with E-state index >= 15 is 0 Å². The Labute approximate surface area is 125 Å². The first-order valence-electron chi connectivity index (χ1n) is 6.75. The largest absolute Gasteiger partial charge is 0.380 e. The maximum Gasteiger partial charge on any atom is 0.223 e. The van der Waals surface area contributed by atoms with E-state index in [2.05, 4.69) is 19.2 Å². The van der Waals surface area contributed by atoms with Crippen molar-refractivity contribution in [3.63, 3.8) is 0 Å². The van der Waals surface area contributed by atoms with Crippen LogP contribution in [0.2, 0.25) is 5.02 Å². The zero-order chi connectivity index (χ0) is 15.1. The average molecular weight is 299 g/mol. The maximum absolute atomic E-state index is 12.1. The van der Waals surface area contributed by atoms with E-state index in [4.69, 9.17) is 22.1 Å². The molecule has 0 heterocycles. The van der Waals surface area contributed by atoms with E-state index in [0.717, 1.165) is 5.56 Å². The Morgan fingerprint density at radius 1 is 1.35 bits per heavy atom. The molecule has 0 bridgehead atoms. The van der Waals surface area contributed by atoms with Gasteiger partial charge in [-0.3, -0.25) is 4.79 Å². The van der Waals surface area contributed by atoms with Crippen LogP contribution < -0.4 is 11.1 Å². The number of halogens is 1. The Hall–Kier alpha value is -1.10. The SMILES string of the molecule is COC(CN)CC(=O)NC(c1ccc(Cl)cc1)C(C)C. The van der Waals surface area contributed by atoms with Crippen LogP contribution in [0.4, 0.5) is 0 Å². The van der Waals surface area contributed by atoms with Crippen LogP contribution in [0.1, 0.15) is 31.9 Å². The van der Waals surface area contributed by atoms with Gasteiger partial charge in [-0.05, 0) is 23.6 Å². The quantitative estimate of drug-likeness (QED) is 0.813. The van der Waals surface area contributed by atoms with Gasteiger partial charge in [0.25, 0.3) is 0 Å². The van der Waals surface area contributed by atoms with Gasteiger partial charge in [0.2, 0.25) is 5.91 Å². The van der Waals surface area contributed by atoms with Crippen LogP contribution in [-0.4, -0.2) is 25.7 Å². The van der Waals surface area contributed by atoms with Crippen molar-refractivity contribution in [3.8, 4) is 0 Å². The van der Waals surface area contributed by atoms with E-state index < -0.39 is 0 Å². The molecule has 1 rings (SSSR count). The maximum atomic E-state index is 12.1. The third kappa shape index (κ3) is 5.12. The number of methoxy groups -OCH3 is 1. The fourth-order valence-electron chi connectivity index (χ4n) is 2.01. The summed E-state index contributed by atoms with van der Waals surface area (Å²) in [5, 5.41) is 3.72. The number of hydrogen-bond acceptors (Lipinski definition) is 3. The molecule has 0 aromatic heterocycles. The van der Waals surface area contributed by atoms with Gasteiger partial charge >= 0.3 is 0 Å². The van der Waals surface area contributed by atoms with Gasteiger partial charge in [-0.15, -0.1) is 0 Å². The highest BCUT2D eigenvalue weighted by Gasteiger charge is 2.20. The Kier molecular flexibility index (Phi) is 6.99. The minimum Gasteiger partial charge on any atom is -0.380 e. The highest BCUT2D eigenvalue weighted by Crippen LogP contribution is 2.23. The fourth-order valence-corrected chi connectivity index (χ4v) is 2.13. The van der Waals surface area contributed by atoms with Gasteiger partial charge in [0.1, 0.15) is 0 Å². The first-order valence-corrected chi connectivity index (χ1v) is 7.13. The molecule has 1 aromatic rings. The molecule has 0 fully saturated rings. The highest BCUT2D eigenvalue weighted by molar-refractivity contribution is 6.30. The molecule has 1 aromatic carbocycles. The van der Waals surface area contributed by atoms with E-state index in [1.165, 1.54) is 0 Å². The number of rotatable bonds is 7. The number of nitrogens with two attached hydrogens (primary N) is 1. The van der Waals surface area contributed by atoms with Crippen molar-refractivity contribution >= 4 is 17.5 Å². The summed E-state index contributed by atoms with van der Waals surface area (Å²) in [5.74, 6) is 0.218. The molecule has 0 saturated heterocycles. The third-order valence-electron chi connectivity index (χ3n) is 3.22. The number of carbonyl (C=O) groups excluding carboxylic acids is 1. The molecular weight excluding hydrogens is 276 g/mol. The zero-order valence-corrected chi connectivity index (χ0v) is 13.0. The van der Waals surface area contributed by atoms with Crippen molar-refractivity contribution in [1.82, 2.24) is 5.32 Å². The van der Waals surface area contributed by atoms with Crippen LogP contribution in [0.25, 0.3) is 0 Å². The number of ether oxygens (including phenoxy) is 1. The first-order chi connectivity index (χ1) is 9.47. The molecule has 20 heavy (non-hydrogen) atoms. The summed E-state index contributed by atoms with van der Waals surface area (Å²) in [6.45, 7) is 4.46. The molecule has 0 saturated carbocycles. The number of nitrogens with one attached hydrogen (secondary N) is 1. The number of carbonyl (C=O) groups is 1. The topological polar surface area (TPSA) is 64.3 Å². The van der Waals surface area contributed by atoms with Crippen molar-refractivity contribution in [2.75, 3.05) is 13.7 Å². The predicted octanol–water partition coefficient (Wildman–Crippen LogP) is 2.52. The second kappa shape index (κ2) is 8.25. The summed E-state index contributed by atoms with van der Waals surface area (Å²) < 4.78 is 5.13. The highest BCUT2D eigenvalue weighted by atomic mass is 35.5. The van der Waals surface area contributed by atoms with Crippen LogP contribution in [0.5, 0.6) is 0 Å². The van der Waals surface area contributed by atoms with Crippen molar-refractivity contribution in [2.45, 2.75) is 32.4 Å². The lowest BCUT2D eigenvalue weighted by Gasteiger charge is -2.24. The Morgan fingerprint density at radius 2 is 1.95 bits per heavy atom. The van der Waals surface area contributed by atoms with Crippen molar-refractivity contribution < 1.29 is 9.53 Å². The zero-order valence-electron chi connectivity index (χ0n) is 12.2. The van der Waals surface area contributed by atoms with Gasteiger partial charge in [-0.1, -0.05) is 37.6 Å². The van der Waals surface area contributed by atoms with Crippen molar-refractivity contribution in [2.24, 2.45) is 11.7 Å². The van der Waals surface area contributed by atoms with Gasteiger partial charge in [0, 0.05) is 18.7 Å².